The SMILES string of the molecule is CC(N)c1nc(C(=O)NCc2cccc(C(F)(F)F)c2)co1. The molecule has 1 atom stereocenters. The summed E-state index contributed by atoms with van der Waals surface area (Å²) in [4.78, 5) is 15.7. The van der Waals surface area contributed by atoms with Crippen LogP contribution in [0.5, 0.6) is 0 Å². The van der Waals surface area contributed by atoms with Gasteiger partial charge in [-0.2, -0.15) is 13.2 Å². The number of rotatable bonds is 4. The summed E-state index contributed by atoms with van der Waals surface area (Å²) < 4.78 is 42.8. The number of amides is 1. The van der Waals surface area contributed by atoms with E-state index in [1.807, 2.05) is 0 Å². The van der Waals surface area contributed by atoms with Crippen LogP contribution in [0.15, 0.2) is 34.9 Å². The number of hydrogen-bond donors (Lipinski definition) is 2. The topological polar surface area (TPSA) is 81.1 Å². The summed E-state index contributed by atoms with van der Waals surface area (Å²) in [5, 5.41) is 2.48. The number of nitrogens with one attached hydrogen (secondary N) is 1. The first-order valence-electron chi connectivity index (χ1n) is 6.42. The minimum Gasteiger partial charge on any atom is -0.446 e. The Bertz CT molecular complexity index is 665. The lowest BCUT2D eigenvalue weighted by Gasteiger charge is -2.09. The van der Waals surface area contributed by atoms with E-state index in [-0.39, 0.29) is 18.1 Å². The monoisotopic (exact) mass is 313 g/mol. The number of nitrogens with two attached hydrogens (primary N) is 1. The lowest BCUT2D eigenvalue weighted by molar-refractivity contribution is -0.137. The largest absolute Gasteiger partial charge is 0.446 e. The number of carbonyl (C=O) groups is 1. The van der Waals surface area contributed by atoms with E-state index in [0.717, 1.165) is 18.4 Å². The van der Waals surface area contributed by atoms with Crippen molar-refractivity contribution in [2.75, 3.05) is 0 Å². The summed E-state index contributed by atoms with van der Waals surface area (Å²) in [5.74, 6) is -0.336. The lowest BCUT2D eigenvalue weighted by Crippen LogP contribution is -2.23. The summed E-state index contributed by atoms with van der Waals surface area (Å²) >= 11 is 0. The highest BCUT2D eigenvalue weighted by Gasteiger charge is 2.30. The predicted octanol–water partition coefficient (Wildman–Crippen LogP) is 2.64. The molecule has 2 aromatic rings. The van der Waals surface area contributed by atoms with E-state index in [4.69, 9.17) is 10.2 Å². The van der Waals surface area contributed by atoms with Crippen molar-refractivity contribution in [2.45, 2.75) is 25.7 Å². The van der Waals surface area contributed by atoms with Crippen molar-refractivity contribution in [1.82, 2.24) is 10.3 Å². The molecule has 0 bridgehead atoms. The Morgan fingerprint density at radius 1 is 1.45 bits per heavy atom. The van der Waals surface area contributed by atoms with Crippen LogP contribution in [0.2, 0.25) is 0 Å². The van der Waals surface area contributed by atoms with Crippen molar-refractivity contribution in [3.05, 3.63) is 53.2 Å². The van der Waals surface area contributed by atoms with Gasteiger partial charge in [-0.05, 0) is 24.6 Å². The van der Waals surface area contributed by atoms with E-state index in [1.165, 1.54) is 12.1 Å². The zero-order chi connectivity index (χ0) is 16.3. The molecule has 1 unspecified atom stereocenters. The fraction of sp³-hybridized carbons (Fsp3) is 0.286. The Kier molecular flexibility index (Phi) is 4.51. The van der Waals surface area contributed by atoms with E-state index < -0.39 is 23.7 Å². The van der Waals surface area contributed by atoms with Gasteiger partial charge in [-0.1, -0.05) is 12.1 Å². The maximum atomic E-state index is 12.6. The van der Waals surface area contributed by atoms with Gasteiger partial charge in [-0.15, -0.1) is 0 Å². The normalized spacial score (nSPS) is 13.0. The molecule has 1 amide bonds. The molecule has 0 aliphatic carbocycles. The molecule has 2 rings (SSSR count). The second-order valence-electron chi connectivity index (χ2n) is 4.74. The first-order valence-corrected chi connectivity index (χ1v) is 6.42. The van der Waals surface area contributed by atoms with E-state index in [2.05, 4.69) is 10.3 Å². The molecule has 0 fully saturated rings. The van der Waals surface area contributed by atoms with Crippen LogP contribution in [0.3, 0.4) is 0 Å². The molecule has 0 saturated heterocycles. The molecule has 8 heteroatoms. The van der Waals surface area contributed by atoms with Gasteiger partial charge >= 0.3 is 6.18 Å². The maximum absolute atomic E-state index is 12.6. The minimum atomic E-state index is -4.42. The van der Waals surface area contributed by atoms with E-state index >= 15 is 0 Å². The van der Waals surface area contributed by atoms with Gasteiger partial charge in [0.1, 0.15) is 6.26 Å². The number of benzene rings is 1. The predicted molar refractivity (Wildman–Crippen MR) is 71.7 cm³/mol. The number of nitrogens with zero attached hydrogens (tertiary/aromatic N) is 1. The average Bonchev–Trinajstić information content (AvgIpc) is 2.94. The Morgan fingerprint density at radius 2 is 2.18 bits per heavy atom. The average molecular weight is 313 g/mol. The molecule has 1 aromatic carbocycles. The Labute approximate surface area is 124 Å². The third-order valence-corrected chi connectivity index (χ3v) is 2.85. The van der Waals surface area contributed by atoms with Crippen LogP contribution in [0.25, 0.3) is 0 Å². The molecular weight excluding hydrogens is 299 g/mol. The summed E-state index contributed by atoms with van der Waals surface area (Å²) in [5.41, 5.74) is 5.15. The third kappa shape index (κ3) is 3.85. The van der Waals surface area contributed by atoms with Crippen LogP contribution in [-0.4, -0.2) is 10.9 Å². The highest BCUT2D eigenvalue weighted by molar-refractivity contribution is 5.91. The summed E-state index contributed by atoms with van der Waals surface area (Å²) in [6.07, 6.45) is -3.27. The van der Waals surface area contributed by atoms with Gasteiger partial charge in [0.05, 0.1) is 11.6 Å². The number of hydrogen-bond acceptors (Lipinski definition) is 4. The second kappa shape index (κ2) is 6.18. The quantitative estimate of drug-likeness (QED) is 0.909. The zero-order valence-electron chi connectivity index (χ0n) is 11.6. The number of oxazole rings is 1. The zero-order valence-corrected chi connectivity index (χ0v) is 11.6. The molecule has 0 radical (unpaired) electrons. The molecular formula is C14H14F3N3O2. The van der Waals surface area contributed by atoms with Crippen molar-refractivity contribution >= 4 is 5.91 Å². The van der Waals surface area contributed by atoms with Crippen molar-refractivity contribution < 1.29 is 22.4 Å². The minimum absolute atomic E-state index is 0.0271. The van der Waals surface area contributed by atoms with Gasteiger partial charge in [0.2, 0.25) is 5.89 Å². The molecule has 3 N–H and O–H groups in total. The van der Waals surface area contributed by atoms with E-state index in [9.17, 15) is 18.0 Å². The summed E-state index contributed by atoms with van der Waals surface area (Å²) in [6.45, 7) is 1.60. The van der Waals surface area contributed by atoms with Crippen LogP contribution >= 0.6 is 0 Å². The number of aromatic nitrogens is 1. The van der Waals surface area contributed by atoms with Gasteiger partial charge in [0, 0.05) is 6.54 Å². The van der Waals surface area contributed by atoms with Crippen LogP contribution in [0, 0.1) is 0 Å². The second-order valence-corrected chi connectivity index (χ2v) is 4.74. The maximum Gasteiger partial charge on any atom is 0.416 e. The fourth-order valence-electron chi connectivity index (χ4n) is 1.73. The first kappa shape index (κ1) is 16.0. The molecule has 22 heavy (non-hydrogen) atoms. The standard InChI is InChI=1S/C14H14F3N3O2/c1-8(18)13-20-11(7-22-13)12(21)19-6-9-3-2-4-10(5-9)14(15,16)17/h2-5,7-8H,6,18H2,1H3,(H,19,21). The van der Waals surface area contributed by atoms with Crippen LogP contribution in [0.1, 0.15) is 40.5 Å². The number of carbonyl (C=O) groups excluding carboxylic acids is 1. The molecule has 5 nitrogen and oxygen atoms in total. The van der Waals surface area contributed by atoms with Gasteiger partial charge in [0.15, 0.2) is 5.69 Å². The third-order valence-electron chi connectivity index (χ3n) is 2.85. The van der Waals surface area contributed by atoms with Crippen molar-refractivity contribution in [1.29, 1.82) is 0 Å². The number of halogens is 3. The molecule has 1 heterocycles. The highest BCUT2D eigenvalue weighted by Crippen LogP contribution is 2.29. The molecule has 0 aliphatic rings. The molecule has 0 saturated carbocycles. The van der Waals surface area contributed by atoms with E-state index in [0.29, 0.717) is 5.56 Å². The summed E-state index contributed by atoms with van der Waals surface area (Å²) in [6, 6.07) is 4.28. The molecule has 1 aromatic heterocycles. The van der Waals surface area contributed by atoms with Gasteiger partial charge in [-0.25, -0.2) is 4.98 Å². The van der Waals surface area contributed by atoms with Crippen LogP contribution < -0.4 is 11.1 Å². The van der Waals surface area contributed by atoms with E-state index in [1.54, 1.807) is 6.92 Å². The molecule has 0 aliphatic heterocycles. The Balaban J connectivity index is 2.02. The Morgan fingerprint density at radius 3 is 2.77 bits per heavy atom. The molecule has 0 spiro atoms. The highest BCUT2D eigenvalue weighted by atomic mass is 19.4. The van der Waals surface area contributed by atoms with Gasteiger partial charge in [-0.3, -0.25) is 4.79 Å². The Hall–Kier alpha value is -2.35. The molecule has 118 valence electrons. The first-order chi connectivity index (χ1) is 10.3. The fourth-order valence-corrected chi connectivity index (χ4v) is 1.73. The van der Waals surface area contributed by atoms with Crippen molar-refractivity contribution in [3.63, 3.8) is 0 Å². The number of alkyl halides is 3. The van der Waals surface area contributed by atoms with Crippen LogP contribution in [0.4, 0.5) is 13.2 Å². The van der Waals surface area contributed by atoms with Crippen molar-refractivity contribution in [3.8, 4) is 0 Å². The smallest absolute Gasteiger partial charge is 0.416 e. The van der Waals surface area contributed by atoms with Crippen LogP contribution in [-0.2, 0) is 12.7 Å². The van der Waals surface area contributed by atoms with Crippen molar-refractivity contribution in [2.24, 2.45) is 5.73 Å². The lowest BCUT2D eigenvalue weighted by atomic mass is 10.1. The van der Waals surface area contributed by atoms with Gasteiger partial charge in [0.25, 0.3) is 5.91 Å². The van der Waals surface area contributed by atoms with Gasteiger partial charge < -0.3 is 15.5 Å². The summed E-state index contributed by atoms with van der Waals surface area (Å²) in [7, 11) is 0.